The molecule has 0 amide bonds. The minimum atomic E-state index is 1.09. The summed E-state index contributed by atoms with van der Waals surface area (Å²) in [5, 5.41) is 2.51. The topological polar surface area (TPSA) is 6.48 Å². The SMILES string of the molecule is c1ccc(-c2ccc(-c3cc(N(c4ccc(-c5ccccc5)cc4)c4ccc(-c5ccccc5)cc4)ccc3-c3ccc(-c4cccc5ccccc45)cc3)cc2)cc1.c1ccc(-c2ccc(-c3cc(N(c4ccc(-c5ccccc5)cc4)c4ccc(-c5ccccc5)cc4)ccc3-c3ccccc3-c3ccccc3)cc2)cc1. The summed E-state index contributed by atoms with van der Waals surface area (Å²) >= 11 is 0. The molecule has 0 aliphatic heterocycles. The van der Waals surface area contributed by atoms with Crippen LogP contribution in [0.2, 0.25) is 0 Å². The number of hydrogen-bond donors (Lipinski definition) is 0. The van der Waals surface area contributed by atoms with Crippen LogP contribution in [-0.4, -0.2) is 0 Å². The summed E-state index contributed by atoms with van der Waals surface area (Å²) < 4.78 is 0. The van der Waals surface area contributed by atoms with E-state index in [1.54, 1.807) is 0 Å². The third kappa shape index (κ3) is 15.4. The number of hydrogen-bond acceptors (Lipinski definition) is 2. The van der Waals surface area contributed by atoms with E-state index in [9.17, 15) is 0 Å². The van der Waals surface area contributed by atoms with Crippen LogP contribution in [0.5, 0.6) is 0 Å². The fourth-order valence-corrected chi connectivity index (χ4v) is 15.8. The number of benzene rings is 19. The number of anilines is 6. The molecule has 0 spiro atoms. The van der Waals surface area contributed by atoms with Gasteiger partial charge < -0.3 is 9.80 Å². The molecule has 19 rings (SSSR count). The zero-order valence-corrected chi connectivity index (χ0v) is 63.1. The van der Waals surface area contributed by atoms with Gasteiger partial charge in [-0.1, -0.05) is 413 Å². The standard InChI is InChI=1S/C58H41N.C54H39N/c1-4-13-42(14-5-1)45-23-25-51(26-24-45)58-41-54(39-40-57(58)50-29-27-49(28-30-50)56-22-12-20-48-19-10-11-21-55(48)56)59(52-35-31-46(32-36-52)43-15-6-2-7-16-43)53-37-33-47(34-38-53)44-17-8-3-9-18-44;1-5-15-40(16-6-1)43-25-27-47(28-26-43)54-39-50(37-38-53(54)52-24-14-13-23-51(52)46-21-11-4-12-22-46)55(48-33-29-44(30-34-48)41-17-7-2-8-18-41)49-35-31-45(32-36-49)42-19-9-3-10-20-42/h1-41H;1-39H. The fourth-order valence-electron chi connectivity index (χ4n) is 15.8. The third-order valence-corrected chi connectivity index (χ3v) is 21.7. The Kier molecular flexibility index (Phi) is 20.5. The molecular weight excluding hydrogens is 1370 g/mol. The van der Waals surface area contributed by atoms with Crippen LogP contribution in [0, 0.1) is 0 Å². The smallest absolute Gasteiger partial charge is 0.0468 e. The fraction of sp³-hybridized carbons (Fsp3) is 0. The van der Waals surface area contributed by atoms with Crippen molar-refractivity contribution in [2.24, 2.45) is 0 Å². The van der Waals surface area contributed by atoms with Crippen molar-refractivity contribution in [1.82, 2.24) is 0 Å². The van der Waals surface area contributed by atoms with E-state index in [0.717, 1.165) is 39.7 Å². The van der Waals surface area contributed by atoms with E-state index >= 15 is 0 Å². The molecule has 0 saturated carbocycles. The van der Waals surface area contributed by atoms with Crippen molar-refractivity contribution in [2.75, 3.05) is 9.80 Å². The number of rotatable bonds is 18. The van der Waals surface area contributed by atoms with Crippen LogP contribution < -0.4 is 9.80 Å². The van der Waals surface area contributed by atoms with E-state index in [1.165, 1.54) is 139 Å². The Hall–Kier alpha value is -15.0. The molecule has 19 aromatic carbocycles. The minimum absolute atomic E-state index is 1.09. The predicted octanol–water partition coefficient (Wildman–Crippen LogP) is 31.5. The lowest BCUT2D eigenvalue weighted by atomic mass is 9.88. The van der Waals surface area contributed by atoms with Gasteiger partial charge >= 0.3 is 0 Å². The molecule has 0 bridgehead atoms. The predicted molar refractivity (Wildman–Crippen MR) is 485 cm³/mol. The van der Waals surface area contributed by atoms with Gasteiger partial charge in [-0.2, -0.15) is 0 Å². The van der Waals surface area contributed by atoms with Gasteiger partial charge in [0.25, 0.3) is 0 Å². The van der Waals surface area contributed by atoms with Crippen LogP contribution in [0.1, 0.15) is 0 Å². The van der Waals surface area contributed by atoms with Crippen molar-refractivity contribution < 1.29 is 0 Å². The molecule has 0 saturated heterocycles. The maximum atomic E-state index is 2.37. The van der Waals surface area contributed by atoms with E-state index in [0.29, 0.717) is 0 Å². The Morgan fingerprint density at radius 2 is 0.298 bits per heavy atom. The van der Waals surface area contributed by atoms with E-state index < -0.39 is 0 Å². The largest absolute Gasteiger partial charge is 0.310 e. The first-order chi connectivity index (χ1) is 56.5. The summed E-state index contributed by atoms with van der Waals surface area (Å²) in [5.74, 6) is 0. The van der Waals surface area contributed by atoms with Crippen molar-refractivity contribution in [3.63, 3.8) is 0 Å². The molecule has 0 aliphatic carbocycles. The molecule has 0 N–H and O–H groups in total. The number of fused-ring (bicyclic) bond motifs is 1. The lowest BCUT2D eigenvalue weighted by Gasteiger charge is -2.27. The summed E-state index contributed by atoms with van der Waals surface area (Å²) in [5.41, 5.74) is 35.2. The highest BCUT2D eigenvalue weighted by molar-refractivity contribution is 5.99. The van der Waals surface area contributed by atoms with Crippen molar-refractivity contribution in [3.05, 3.63) is 485 Å². The maximum absolute atomic E-state index is 2.37. The Morgan fingerprint density at radius 3 is 0.649 bits per heavy atom. The zero-order chi connectivity index (χ0) is 76.2. The van der Waals surface area contributed by atoms with Crippen molar-refractivity contribution in [2.45, 2.75) is 0 Å². The van der Waals surface area contributed by atoms with Crippen LogP contribution in [0.15, 0.2) is 485 Å². The van der Waals surface area contributed by atoms with Crippen molar-refractivity contribution in [3.8, 4) is 134 Å². The summed E-state index contributed by atoms with van der Waals surface area (Å²) in [6, 6.07) is 175. The summed E-state index contributed by atoms with van der Waals surface area (Å²) in [7, 11) is 0. The summed E-state index contributed by atoms with van der Waals surface area (Å²) in [6.45, 7) is 0. The average Bonchev–Trinajstić information content (AvgIpc) is 0.767. The van der Waals surface area contributed by atoms with Gasteiger partial charge in [-0.05, 0) is 217 Å². The average molecular weight is 1450 g/mol. The maximum Gasteiger partial charge on any atom is 0.0468 e. The van der Waals surface area contributed by atoms with E-state index in [1.807, 2.05) is 0 Å². The molecule has 0 fully saturated rings. The van der Waals surface area contributed by atoms with E-state index in [-0.39, 0.29) is 0 Å². The molecule has 0 unspecified atom stereocenters. The first-order valence-electron chi connectivity index (χ1n) is 39.1. The Morgan fingerprint density at radius 1 is 0.105 bits per heavy atom. The molecular formula is C112H80N2. The van der Waals surface area contributed by atoms with Crippen LogP contribution in [0.4, 0.5) is 34.1 Å². The molecule has 2 heteroatoms. The second-order valence-electron chi connectivity index (χ2n) is 28.7. The Bertz CT molecular complexity index is 6230. The highest BCUT2D eigenvalue weighted by Crippen LogP contribution is 2.47. The normalized spacial score (nSPS) is 11.0. The minimum Gasteiger partial charge on any atom is -0.310 e. The zero-order valence-electron chi connectivity index (χ0n) is 63.1. The van der Waals surface area contributed by atoms with Gasteiger partial charge in [-0.3, -0.25) is 0 Å². The lowest BCUT2D eigenvalue weighted by Crippen LogP contribution is -2.10. The Balaban J connectivity index is 0.000000159. The van der Waals surface area contributed by atoms with E-state index in [4.69, 9.17) is 0 Å². The van der Waals surface area contributed by atoms with Crippen molar-refractivity contribution in [1.29, 1.82) is 0 Å². The van der Waals surface area contributed by atoms with Crippen LogP contribution in [0.25, 0.3) is 144 Å². The van der Waals surface area contributed by atoms with Gasteiger partial charge in [0.15, 0.2) is 0 Å². The second-order valence-corrected chi connectivity index (χ2v) is 28.7. The number of nitrogens with zero attached hydrogens (tertiary/aromatic N) is 2. The van der Waals surface area contributed by atoms with Gasteiger partial charge in [-0.15, -0.1) is 0 Å². The lowest BCUT2D eigenvalue weighted by molar-refractivity contribution is 1.28. The highest BCUT2D eigenvalue weighted by atomic mass is 15.1. The highest BCUT2D eigenvalue weighted by Gasteiger charge is 2.22. The molecule has 114 heavy (non-hydrogen) atoms. The quantitative estimate of drug-likeness (QED) is 0.0845. The van der Waals surface area contributed by atoms with Gasteiger partial charge in [0.1, 0.15) is 0 Å². The molecule has 538 valence electrons. The van der Waals surface area contributed by atoms with Crippen LogP contribution in [0.3, 0.4) is 0 Å². The molecule has 0 aliphatic rings. The second kappa shape index (κ2) is 33.1. The first kappa shape index (κ1) is 70.7. The molecule has 0 aromatic heterocycles. The molecule has 2 nitrogen and oxygen atoms in total. The Labute approximate surface area is 669 Å². The third-order valence-electron chi connectivity index (χ3n) is 21.7. The van der Waals surface area contributed by atoms with Crippen LogP contribution in [-0.2, 0) is 0 Å². The molecule has 0 radical (unpaired) electrons. The molecule has 0 atom stereocenters. The van der Waals surface area contributed by atoms with Gasteiger partial charge in [0.2, 0.25) is 0 Å². The molecule has 19 aromatic rings. The van der Waals surface area contributed by atoms with Gasteiger partial charge in [0.05, 0.1) is 0 Å². The monoisotopic (exact) mass is 1450 g/mol. The molecule has 0 heterocycles. The summed E-state index contributed by atoms with van der Waals surface area (Å²) in [4.78, 5) is 4.75. The summed E-state index contributed by atoms with van der Waals surface area (Å²) in [6.07, 6.45) is 0. The first-order valence-corrected chi connectivity index (χ1v) is 39.1. The van der Waals surface area contributed by atoms with E-state index in [2.05, 4.69) is 495 Å². The van der Waals surface area contributed by atoms with Crippen molar-refractivity contribution >= 4 is 44.9 Å². The van der Waals surface area contributed by atoms with Gasteiger partial charge in [-0.25, -0.2) is 0 Å². The van der Waals surface area contributed by atoms with Crippen LogP contribution >= 0.6 is 0 Å². The van der Waals surface area contributed by atoms with Gasteiger partial charge in [0, 0.05) is 34.1 Å².